The van der Waals surface area contributed by atoms with Gasteiger partial charge in [0.05, 0.1) is 12.6 Å². The molecule has 2 aromatic carbocycles. The van der Waals surface area contributed by atoms with Crippen molar-refractivity contribution >= 4 is 20.9 Å². The minimum atomic E-state index is -3.74. The van der Waals surface area contributed by atoms with E-state index in [0.717, 1.165) is 5.39 Å². The van der Waals surface area contributed by atoms with Gasteiger partial charge in [-0.05, 0) is 29.8 Å². The highest BCUT2D eigenvalue weighted by Gasteiger charge is 2.17. The summed E-state index contributed by atoms with van der Waals surface area (Å²) in [7, 11) is -2.15. The van der Waals surface area contributed by atoms with Crippen LogP contribution in [0, 0.1) is 0 Å². The van der Waals surface area contributed by atoms with Crippen LogP contribution in [0.5, 0.6) is 17.4 Å². The SMILES string of the molecule is COc1cccc(Oc2ccc(CNS(=O)(=O)c3cccc4cccnc34)cn2)c1. The Morgan fingerprint density at radius 2 is 1.73 bits per heavy atom. The number of hydrogen-bond acceptors (Lipinski definition) is 6. The number of pyridine rings is 2. The Morgan fingerprint density at radius 1 is 0.933 bits per heavy atom. The zero-order valence-corrected chi connectivity index (χ0v) is 17.0. The fourth-order valence-electron chi connectivity index (χ4n) is 2.91. The third-order valence-electron chi connectivity index (χ3n) is 4.41. The molecule has 0 bridgehead atoms. The highest BCUT2D eigenvalue weighted by molar-refractivity contribution is 7.89. The molecule has 0 saturated heterocycles. The molecule has 0 aliphatic rings. The maximum atomic E-state index is 12.8. The largest absolute Gasteiger partial charge is 0.497 e. The molecule has 0 aliphatic heterocycles. The first-order valence-corrected chi connectivity index (χ1v) is 10.6. The third kappa shape index (κ3) is 4.40. The van der Waals surface area contributed by atoms with E-state index >= 15 is 0 Å². The van der Waals surface area contributed by atoms with E-state index in [1.54, 1.807) is 62.0 Å². The number of fused-ring (bicyclic) bond motifs is 1. The molecule has 7 nitrogen and oxygen atoms in total. The topological polar surface area (TPSA) is 90.4 Å². The zero-order chi connectivity index (χ0) is 21.0. The number of rotatable bonds is 7. The highest BCUT2D eigenvalue weighted by atomic mass is 32.2. The molecule has 0 amide bonds. The molecular weight excluding hydrogens is 402 g/mol. The third-order valence-corrected chi connectivity index (χ3v) is 5.85. The van der Waals surface area contributed by atoms with Gasteiger partial charge in [-0.1, -0.05) is 30.3 Å². The number of benzene rings is 2. The van der Waals surface area contributed by atoms with Crippen LogP contribution >= 0.6 is 0 Å². The molecule has 2 aromatic heterocycles. The normalized spacial score (nSPS) is 11.4. The summed E-state index contributed by atoms with van der Waals surface area (Å²) in [5.74, 6) is 1.67. The first kappa shape index (κ1) is 19.8. The predicted molar refractivity (Wildman–Crippen MR) is 113 cm³/mol. The molecule has 1 N–H and O–H groups in total. The molecule has 4 rings (SSSR count). The average Bonchev–Trinajstić information content (AvgIpc) is 2.78. The van der Waals surface area contributed by atoms with Gasteiger partial charge >= 0.3 is 0 Å². The fraction of sp³-hybridized carbons (Fsp3) is 0.0909. The van der Waals surface area contributed by atoms with E-state index in [0.29, 0.717) is 28.5 Å². The number of para-hydroxylation sites is 1. The van der Waals surface area contributed by atoms with Gasteiger partial charge in [-0.3, -0.25) is 4.98 Å². The Balaban J connectivity index is 1.45. The second-order valence-corrected chi connectivity index (χ2v) is 8.18. The molecule has 0 atom stereocenters. The summed E-state index contributed by atoms with van der Waals surface area (Å²) in [5.41, 5.74) is 1.14. The van der Waals surface area contributed by atoms with Gasteiger partial charge in [0, 0.05) is 36.5 Å². The Morgan fingerprint density at radius 3 is 2.53 bits per heavy atom. The molecular formula is C22H19N3O4S. The van der Waals surface area contributed by atoms with Crippen LogP contribution in [0.1, 0.15) is 5.56 Å². The van der Waals surface area contributed by atoms with Crippen molar-refractivity contribution in [2.24, 2.45) is 0 Å². The number of ether oxygens (including phenoxy) is 2. The van der Waals surface area contributed by atoms with Gasteiger partial charge in [0.1, 0.15) is 16.4 Å². The van der Waals surface area contributed by atoms with Gasteiger partial charge in [0.15, 0.2) is 0 Å². The second-order valence-electron chi connectivity index (χ2n) is 6.44. The summed E-state index contributed by atoms with van der Waals surface area (Å²) in [6.45, 7) is 0.0952. The van der Waals surface area contributed by atoms with Crippen LogP contribution in [0.25, 0.3) is 10.9 Å². The summed E-state index contributed by atoms with van der Waals surface area (Å²) in [5, 5.41) is 0.765. The Labute approximate surface area is 174 Å². The molecule has 2 heterocycles. The van der Waals surface area contributed by atoms with Crippen molar-refractivity contribution in [1.82, 2.24) is 14.7 Å². The zero-order valence-electron chi connectivity index (χ0n) is 16.1. The van der Waals surface area contributed by atoms with Crippen LogP contribution < -0.4 is 14.2 Å². The first-order valence-electron chi connectivity index (χ1n) is 9.15. The highest BCUT2D eigenvalue weighted by Crippen LogP contribution is 2.24. The number of methoxy groups -OCH3 is 1. The number of hydrogen-bond donors (Lipinski definition) is 1. The summed E-state index contributed by atoms with van der Waals surface area (Å²) >= 11 is 0. The molecule has 0 radical (unpaired) electrons. The van der Waals surface area contributed by atoms with Crippen molar-refractivity contribution in [2.45, 2.75) is 11.4 Å². The van der Waals surface area contributed by atoms with Gasteiger partial charge in [-0.15, -0.1) is 0 Å². The van der Waals surface area contributed by atoms with Crippen molar-refractivity contribution in [2.75, 3.05) is 7.11 Å². The van der Waals surface area contributed by atoms with E-state index in [2.05, 4.69) is 14.7 Å². The lowest BCUT2D eigenvalue weighted by Crippen LogP contribution is -2.23. The van der Waals surface area contributed by atoms with Crippen LogP contribution in [0.15, 0.2) is 84.0 Å². The van der Waals surface area contributed by atoms with Crippen LogP contribution in [-0.4, -0.2) is 25.5 Å². The molecule has 0 unspecified atom stereocenters. The van der Waals surface area contributed by atoms with Crippen molar-refractivity contribution in [3.63, 3.8) is 0 Å². The molecule has 0 fully saturated rings. The Kier molecular flexibility index (Phi) is 5.60. The minimum Gasteiger partial charge on any atom is -0.497 e. The molecule has 30 heavy (non-hydrogen) atoms. The second kappa shape index (κ2) is 8.48. The van der Waals surface area contributed by atoms with E-state index in [1.165, 1.54) is 0 Å². The number of aromatic nitrogens is 2. The maximum Gasteiger partial charge on any atom is 0.243 e. The van der Waals surface area contributed by atoms with Crippen LogP contribution in [-0.2, 0) is 16.6 Å². The lowest BCUT2D eigenvalue weighted by atomic mass is 10.2. The number of nitrogens with zero attached hydrogens (tertiary/aromatic N) is 2. The van der Waals surface area contributed by atoms with E-state index in [9.17, 15) is 8.42 Å². The molecule has 8 heteroatoms. The minimum absolute atomic E-state index is 0.0952. The van der Waals surface area contributed by atoms with Gasteiger partial charge < -0.3 is 9.47 Å². The molecule has 0 saturated carbocycles. The van der Waals surface area contributed by atoms with E-state index in [4.69, 9.17) is 9.47 Å². The van der Waals surface area contributed by atoms with Gasteiger partial charge in [0.2, 0.25) is 15.9 Å². The fourth-order valence-corrected chi connectivity index (χ4v) is 4.11. The first-order chi connectivity index (χ1) is 14.5. The van der Waals surface area contributed by atoms with Gasteiger partial charge in [-0.25, -0.2) is 18.1 Å². The van der Waals surface area contributed by atoms with E-state index in [1.807, 2.05) is 24.3 Å². The van der Waals surface area contributed by atoms with Crippen LogP contribution in [0.4, 0.5) is 0 Å². The van der Waals surface area contributed by atoms with Crippen molar-refractivity contribution < 1.29 is 17.9 Å². The number of sulfonamides is 1. The maximum absolute atomic E-state index is 12.8. The summed E-state index contributed by atoms with van der Waals surface area (Å²) in [4.78, 5) is 8.60. The lowest BCUT2D eigenvalue weighted by Gasteiger charge is -2.10. The van der Waals surface area contributed by atoms with Crippen molar-refractivity contribution in [3.05, 3.63) is 84.7 Å². The summed E-state index contributed by atoms with van der Waals surface area (Å²) in [6.07, 6.45) is 3.14. The van der Waals surface area contributed by atoms with Gasteiger partial charge in [0.25, 0.3) is 0 Å². The lowest BCUT2D eigenvalue weighted by molar-refractivity contribution is 0.407. The average molecular weight is 421 g/mol. The molecule has 0 aliphatic carbocycles. The van der Waals surface area contributed by atoms with Gasteiger partial charge in [-0.2, -0.15) is 0 Å². The van der Waals surface area contributed by atoms with Crippen LogP contribution in [0.2, 0.25) is 0 Å². The summed E-state index contributed by atoms with van der Waals surface area (Å²) < 4.78 is 39.0. The van der Waals surface area contributed by atoms with E-state index < -0.39 is 10.0 Å². The monoisotopic (exact) mass is 421 g/mol. The predicted octanol–water partition coefficient (Wildman–Crippen LogP) is 3.91. The van der Waals surface area contributed by atoms with Crippen LogP contribution in [0.3, 0.4) is 0 Å². The summed E-state index contributed by atoms with van der Waals surface area (Å²) in [6, 6.07) is 19.3. The van der Waals surface area contributed by atoms with Crippen molar-refractivity contribution in [3.8, 4) is 17.4 Å². The number of nitrogens with one attached hydrogen (secondary N) is 1. The standard InChI is InChI=1S/C22H19N3O4S/c1-28-18-7-3-8-19(13-18)29-21-11-10-16(14-24-21)15-25-30(26,27)20-9-2-5-17-6-4-12-23-22(17)20/h2-14,25H,15H2,1H3. The Bertz CT molecular complexity index is 1270. The van der Waals surface area contributed by atoms with Crippen molar-refractivity contribution in [1.29, 1.82) is 0 Å². The smallest absolute Gasteiger partial charge is 0.243 e. The molecule has 0 spiro atoms. The van der Waals surface area contributed by atoms with E-state index in [-0.39, 0.29) is 11.4 Å². The molecule has 4 aromatic rings. The quantitative estimate of drug-likeness (QED) is 0.487. The Hall–Kier alpha value is -3.49. The molecule has 152 valence electrons.